The molecule has 4 aromatic rings. The molecular weight excluding hydrogens is 853 g/mol. The van der Waals surface area contributed by atoms with Gasteiger partial charge in [-0.1, -0.05) is 195 Å². The maximum absolute atomic E-state index is 12.4. The zero-order valence-electron chi connectivity index (χ0n) is 46.8. The number of benzene rings is 4. The molecule has 6 heteroatoms. The Morgan fingerprint density at radius 2 is 0.855 bits per heavy atom. The minimum Gasteiger partial charge on any atom is -0.396 e. The average Bonchev–Trinajstić information content (AvgIpc) is 3.23. The van der Waals surface area contributed by atoms with Gasteiger partial charge in [0.05, 0.1) is 31.8 Å². The highest BCUT2D eigenvalue weighted by Crippen LogP contribution is 2.74. The van der Waals surface area contributed by atoms with Crippen molar-refractivity contribution in [2.24, 2.45) is 16.2 Å². The third kappa shape index (κ3) is 7.69. The fourth-order valence-electron chi connectivity index (χ4n) is 13.0. The molecule has 3 aliphatic heterocycles. The predicted molar refractivity (Wildman–Crippen MR) is 282 cm³/mol. The standard InChI is InChI=1S/C63H88O6/c1-35-23-41-39(5)44-26-38(4)30-48(58(16,17)18)52(44)63(60(21,22)32-65)68-53(49(41)45(27-35)55(7,8)9)61(33-66-54(67-34-61)59(19,20)31-64)62(69-63)50-42(24-36(2)28-46(50)56(10,11)12)40(6)43-25-37(3)29-47(51(43)62)57(13,14)15/h23-30,39-40,53-54,64-65H,31-34H2,1-22H3. The molecule has 3 unspecified atom stereocenters. The predicted octanol–water partition coefficient (Wildman–Crippen LogP) is 14.3. The van der Waals surface area contributed by atoms with Crippen molar-refractivity contribution < 1.29 is 29.2 Å². The van der Waals surface area contributed by atoms with E-state index < -0.39 is 40.0 Å². The third-order valence-electron chi connectivity index (χ3n) is 16.8. The molecule has 3 atom stereocenters. The molecule has 4 aromatic carbocycles. The third-order valence-corrected chi connectivity index (χ3v) is 16.8. The van der Waals surface area contributed by atoms with Gasteiger partial charge in [0.1, 0.15) is 11.7 Å². The van der Waals surface area contributed by atoms with E-state index in [1.807, 2.05) is 13.8 Å². The first-order valence-corrected chi connectivity index (χ1v) is 26.0. The van der Waals surface area contributed by atoms with Gasteiger partial charge in [-0.25, -0.2) is 0 Å². The smallest absolute Gasteiger partial charge is 0.204 e. The minimum atomic E-state index is -1.56. The van der Waals surface area contributed by atoms with E-state index >= 15 is 0 Å². The van der Waals surface area contributed by atoms with E-state index in [1.165, 1.54) is 55.6 Å². The van der Waals surface area contributed by atoms with E-state index in [9.17, 15) is 10.2 Å². The molecule has 0 aromatic heterocycles. The van der Waals surface area contributed by atoms with Gasteiger partial charge >= 0.3 is 0 Å². The summed E-state index contributed by atoms with van der Waals surface area (Å²) in [6.07, 6.45) is -1.40. The van der Waals surface area contributed by atoms with E-state index in [0.717, 1.165) is 33.4 Å². The summed E-state index contributed by atoms with van der Waals surface area (Å²) in [5.74, 6) is -1.65. The summed E-state index contributed by atoms with van der Waals surface area (Å²) in [6, 6.07) is 19.2. The second-order valence-corrected chi connectivity index (χ2v) is 27.8. The van der Waals surface area contributed by atoms with Crippen LogP contribution in [0.15, 0.2) is 48.5 Å². The molecule has 3 heterocycles. The number of aliphatic hydroxyl groups excluding tert-OH is 2. The Kier molecular flexibility index (Phi) is 12.3. The zero-order chi connectivity index (χ0) is 51.4. The van der Waals surface area contributed by atoms with Gasteiger partial charge in [-0.15, -0.1) is 0 Å². The molecule has 1 aliphatic carbocycles. The number of fused-ring (bicyclic) bond motifs is 12. The van der Waals surface area contributed by atoms with Crippen LogP contribution in [0.25, 0.3) is 0 Å². The molecule has 4 aliphatic rings. The van der Waals surface area contributed by atoms with Crippen molar-refractivity contribution >= 4 is 0 Å². The van der Waals surface area contributed by atoms with Crippen LogP contribution in [0.1, 0.15) is 232 Å². The van der Waals surface area contributed by atoms with Gasteiger partial charge in [-0.2, -0.15) is 0 Å². The van der Waals surface area contributed by atoms with Crippen molar-refractivity contribution in [1.82, 2.24) is 0 Å². The van der Waals surface area contributed by atoms with Crippen LogP contribution < -0.4 is 0 Å². The molecule has 2 saturated heterocycles. The number of hydrogen-bond acceptors (Lipinski definition) is 6. The minimum absolute atomic E-state index is 0.00407. The number of aryl methyl sites for hydroxylation is 4. The van der Waals surface area contributed by atoms with Gasteiger partial charge in [-0.3, -0.25) is 0 Å². The first kappa shape index (κ1) is 52.0. The van der Waals surface area contributed by atoms with Crippen molar-refractivity contribution in [2.45, 2.75) is 210 Å². The van der Waals surface area contributed by atoms with Gasteiger partial charge in [0.15, 0.2) is 6.29 Å². The molecule has 2 fully saturated rings. The molecule has 2 spiro atoms. The van der Waals surface area contributed by atoms with E-state index in [4.69, 9.17) is 18.9 Å². The van der Waals surface area contributed by atoms with E-state index in [1.54, 1.807) is 0 Å². The lowest BCUT2D eigenvalue weighted by Gasteiger charge is -2.69. The zero-order valence-corrected chi connectivity index (χ0v) is 46.8. The molecule has 0 amide bonds. The first-order chi connectivity index (χ1) is 31.5. The lowest BCUT2D eigenvalue weighted by molar-refractivity contribution is -0.464. The molecule has 376 valence electrons. The van der Waals surface area contributed by atoms with Crippen molar-refractivity contribution in [1.29, 1.82) is 0 Å². The lowest BCUT2D eigenvalue weighted by Crippen LogP contribution is -2.72. The normalized spacial score (nSPS) is 27.4. The largest absolute Gasteiger partial charge is 0.396 e. The van der Waals surface area contributed by atoms with Gasteiger partial charge in [-0.05, 0) is 111 Å². The van der Waals surface area contributed by atoms with Crippen LogP contribution in [0, 0.1) is 43.9 Å². The molecule has 69 heavy (non-hydrogen) atoms. The average molecular weight is 941 g/mol. The maximum Gasteiger partial charge on any atom is 0.204 e. The highest BCUT2D eigenvalue weighted by Gasteiger charge is 2.75. The number of hydrogen-bond donors (Lipinski definition) is 2. The fraction of sp³-hybridized carbons (Fsp3) is 0.619. The molecular formula is C63H88O6. The van der Waals surface area contributed by atoms with Crippen LogP contribution in [0.2, 0.25) is 0 Å². The topological polar surface area (TPSA) is 77.4 Å². The summed E-state index contributed by atoms with van der Waals surface area (Å²) >= 11 is 0. The maximum atomic E-state index is 12.4. The van der Waals surface area contributed by atoms with Gasteiger partial charge < -0.3 is 29.2 Å². The van der Waals surface area contributed by atoms with Crippen molar-refractivity contribution in [3.63, 3.8) is 0 Å². The van der Waals surface area contributed by atoms with E-state index in [-0.39, 0.29) is 59.9 Å². The Morgan fingerprint density at radius 1 is 0.493 bits per heavy atom. The van der Waals surface area contributed by atoms with Crippen LogP contribution in [-0.2, 0) is 52.0 Å². The highest BCUT2D eigenvalue weighted by molar-refractivity contribution is 5.67. The Balaban J connectivity index is 1.77. The highest BCUT2D eigenvalue weighted by atomic mass is 16.7. The number of ether oxygens (including phenoxy) is 4. The number of aliphatic hydroxyl groups is 2. The van der Waals surface area contributed by atoms with Crippen molar-refractivity contribution in [3.05, 3.63) is 138 Å². The summed E-state index contributed by atoms with van der Waals surface area (Å²) in [6.45, 7) is 50.1. The quantitative estimate of drug-likeness (QED) is 0.212. The summed E-state index contributed by atoms with van der Waals surface area (Å²) in [5, 5.41) is 23.3. The molecule has 6 nitrogen and oxygen atoms in total. The molecule has 2 bridgehead atoms. The molecule has 2 N–H and O–H groups in total. The van der Waals surface area contributed by atoms with Crippen LogP contribution in [0.4, 0.5) is 0 Å². The lowest BCUT2D eigenvalue weighted by atomic mass is 9.50. The van der Waals surface area contributed by atoms with Gasteiger partial charge in [0, 0.05) is 28.2 Å². The first-order valence-electron chi connectivity index (χ1n) is 26.0. The summed E-state index contributed by atoms with van der Waals surface area (Å²) in [7, 11) is 0. The summed E-state index contributed by atoms with van der Waals surface area (Å²) in [4.78, 5) is 0. The second kappa shape index (κ2) is 16.3. The van der Waals surface area contributed by atoms with Gasteiger partial charge in [0.2, 0.25) is 5.79 Å². The Bertz CT molecular complexity index is 2600. The summed E-state index contributed by atoms with van der Waals surface area (Å²) in [5.41, 5.74) is 13.3. The summed E-state index contributed by atoms with van der Waals surface area (Å²) < 4.78 is 32.4. The van der Waals surface area contributed by atoms with E-state index in [2.05, 4.69) is 187 Å². The Morgan fingerprint density at radius 3 is 1.25 bits per heavy atom. The number of rotatable bonds is 4. The fourth-order valence-corrected chi connectivity index (χ4v) is 13.0. The second-order valence-electron chi connectivity index (χ2n) is 27.8. The van der Waals surface area contributed by atoms with Gasteiger partial charge in [0.25, 0.3) is 0 Å². The van der Waals surface area contributed by atoms with Crippen LogP contribution >= 0.6 is 0 Å². The van der Waals surface area contributed by atoms with Crippen LogP contribution in [-0.4, -0.2) is 42.9 Å². The van der Waals surface area contributed by atoms with Crippen LogP contribution in [0.3, 0.4) is 0 Å². The van der Waals surface area contributed by atoms with E-state index in [0.29, 0.717) is 0 Å². The molecule has 8 rings (SSSR count). The Labute approximate surface area is 417 Å². The SMILES string of the molecule is Cc1cc2c(c(C(C)(C)C)c1)C1OC(C(C)(C)CO)(OC3(c4c(cc(C)cc4C(C)(C)C)C(C)c4cc(C)cc(C(C)(C)C)c43)C13COC(C(C)(C)CO)OC3)c1c(cc(C)cc1C(C)(C)C)C2C. The van der Waals surface area contributed by atoms with Crippen molar-refractivity contribution in [3.8, 4) is 0 Å². The Hall–Kier alpha value is -3.36. The molecule has 0 radical (unpaired) electrons. The van der Waals surface area contributed by atoms with Crippen LogP contribution in [0.5, 0.6) is 0 Å². The van der Waals surface area contributed by atoms with Crippen molar-refractivity contribution in [2.75, 3.05) is 26.4 Å². The monoisotopic (exact) mass is 941 g/mol. The molecule has 0 saturated carbocycles.